The summed E-state index contributed by atoms with van der Waals surface area (Å²) in [4.78, 5) is 0. The second-order valence-corrected chi connectivity index (χ2v) is 6.10. The first-order valence-corrected chi connectivity index (χ1v) is 8.40. The molecule has 1 aliphatic rings. The summed E-state index contributed by atoms with van der Waals surface area (Å²) in [5, 5.41) is 0. The molecule has 0 radical (unpaired) electrons. The van der Waals surface area contributed by atoms with Crippen LogP contribution in [0.1, 0.15) is 11.1 Å². The van der Waals surface area contributed by atoms with Crippen molar-refractivity contribution < 1.29 is 0 Å². The van der Waals surface area contributed by atoms with Gasteiger partial charge in [0.1, 0.15) is 0 Å². The number of rotatable bonds is 2. The molecule has 1 aliphatic heterocycles. The van der Waals surface area contributed by atoms with Crippen LogP contribution in [0.5, 0.6) is 0 Å². The van der Waals surface area contributed by atoms with Crippen molar-refractivity contribution in [1.82, 2.24) is 0 Å². The topological polar surface area (TPSA) is 0 Å². The molecule has 0 saturated carbocycles. The molecule has 1 heterocycles. The van der Waals surface area contributed by atoms with E-state index in [1.807, 2.05) is 0 Å². The average molecular weight is 344 g/mol. The summed E-state index contributed by atoms with van der Waals surface area (Å²) >= 11 is 0.0274. The van der Waals surface area contributed by atoms with Gasteiger partial charge in [-0.1, -0.05) is 81.4 Å². The SMILES string of the molecule is C1=IC=C(c2ccccc2)C=C1c1ccccc1. The zero-order valence-electron chi connectivity index (χ0n) is 9.88. The van der Waals surface area contributed by atoms with Crippen molar-refractivity contribution in [2.45, 2.75) is 0 Å². The minimum Gasteiger partial charge on any atom is -0.0924 e. The van der Waals surface area contributed by atoms with Crippen LogP contribution in [-0.4, -0.2) is 4.01 Å². The Labute approximate surface area is 117 Å². The molecule has 1 heteroatoms. The minimum atomic E-state index is 0.0274. The molecule has 2 aromatic carbocycles. The number of halogens is 1. The van der Waals surface area contributed by atoms with Crippen LogP contribution in [0.3, 0.4) is 0 Å². The normalized spacial score (nSPS) is 14.4. The molecule has 88 valence electrons. The monoisotopic (exact) mass is 344 g/mol. The molecule has 18 heavy (non-hydrogen) atoms. The van der Waals surface area contributed by atoms with Crippen LogP contribution in [-0.2, 0) is 0 Å². The fraction of sp³-hybridized carbons (Fsp3) is 0. The van der Waals surface area contributed by atoms with Crippen molar-refractivity contribution in [3.8, 4) is 0 Å². The fourth-order valence-corrected chi connectivity index (χ4v) is 3.98. The summed E-state index contributed by atoms with van der Waals surface area (Å²) in [6, 6.07) is 21.3. The number of benzene rings is 2. The van der Waals surface area contributed by atoms with Crippen LogP contribution in [0.4, 0.5) is 0 Å². The molecule has 0 unspecified atom stereocenters. The first kappa shape index (κ1) is 11.6. The standard InChI is InChI=1S/C17H13I/c1-3-7-14(8-4-1)16-11-17(13-18-12-16)15-9-5-2-6-10-15/h1-13H. The Balaban J connectivity index is 1.99. The third-order valence-electron chi connectivity index (χ3n) is 2.89. The Morgan fingerprint density at radius 2 is 1.17 bits per heavy atom. The lowest BCUT2D eigenvalue weighted by molar-refractivity contribution is 1.62. The van der Waals surface area contributed by atoms with E-state index in [9.17, 15) is 0 Å². The van der Waals surface area contributed by atoms with E-state index in [1.54, 1.807) is 0 Å². The van der Waals surface area contributed by atoms with E-state index >= 15 is 0 Å². The van der Waals surface area contributed by atoms with Gasteiger partial charge in [-0.25, -0.2) is 0 Å². The summed E-state index contributed by atoms with van der Waals surface area (Å²) in [6.45, 7) is 0. The number of hydrogen-bond donors (Lipinski definition) is 0. The van der Waals surface area contributed by atoms with Crippen LogP contribution in [0, 0.1) is 0 Å². The van der Waals surface area contributed by atoms with E-state index in [0.29, 0.717) is 0 Å². The Kier molecular flexibility index (Phi) is 3.51. The van der Waals surface area contributed by atoms with Crippen LogP contribution in [0.2, 0.25) is 0 Å². The average Bonchev–Trinajstić information content (AvgIpc) is 2.49. The molecular formula is C17H13I. The zero-order chi connectivity index (χ0) is 12.2. The summed E-state index contributed by atoms with van der Waals surface area (Å²) in [5.74, 6) is 0. The highest BCUT2D eigenvalue weighted by molar-refractivity contribution is 14.2. The fourth-order valence-electron chi connectivity index (χ4n) is 1.95. The third-order valence-corrected chi connectivity index (χ3v) is 4.95. The Bertz CT molecular complexity index is 579. The molecule has 2 aromatic rings. The van der Waals surface area contributed by atoms with Gasteiger partial charge in [-0.15, -0.1) is 0 Å². The molecule has 0 aromatic heterocycles. The van der Waals surface area contributed by atoms with Gasteiger partial charge in [-0.3, -0.25) is 0 Å². The predicted molar refractivity (Wildman–Crippen MR) is 88.9 cm³/mol. The minimum absolute atomic E-state index is 0.0274. The van der Waals surface area contributed by atoms with E-state index in [1.165, 1.54) is 22.3 Å². The Morgan fingerprint density at radius 3 is 1.78 bits per heavy atom. The van der Waals surface area contributed by atoms with E-state index in [2.05, 4.69) is 74.8 Å². The summed E-state index contributed by atoms with van der Waals surface area (Å²) in [5.41, 5.74) is 5.37. The van der Waals surface area contributed by atoms with Crippen LogP contribution >= 0.6 is 20.7 Å². The van der Waals surface area contributed by atoms with Crippen LogP contribution in [0.25, 0.3) is 11.1 Å². The first-order valence-electron chi connectivity index (χ1n) is 5.91. The third kappa shape index (κ3) is 2.51. The lowest BCUT2D eigenvalue weighted by atomic mass is 10.0. The maximum absolute atomic E-state index is 2.39. The first-order chi connectivity index (χ1) is 8.93. The number of allylic oxidation sites excluding steroid dienone is 3. The molecular weight excluding hydrogens is 331 g/mol. The van der Waals surface area contributed by atoms with E-state index < -0.39 is 0 Å². The highest BCUT2D eigenvalue weighted by atomic mass is 127. The van der Waals surface area contributed by atoms with Crippen molar-refractivity contribution in [3.63, 3.8) is 0 Å². The van der Waals surface area contributed by atoms with Crippen LogP contribution in [0.15, 0.2) is 70.8 Å². The van der Waals surface area contributed by atoms with Gasteiger partial charge in [-0.05, 0) is 36.4 Å². The molecule has 0 bridgehead atoms. The summed E-state index contributed by atoms with van der Waals surface area (Å²) in [7, 11) is 0. The number of hydrogen-bond acceptors (Lipinski definition) is 0. The highest BCUT2D eigenvalue weighted by Crippen LogP contribution is 2.28. The van der Waals surface area contributed by atoms with Gasteiger partial charge in [0.15, 0.2) is 0 Å². The Morgan fingerprint density at radius 1 is 0.611 bits per heavy atom. The largest absolute Gasteiger partial charge is 0.0924 e. The highest BCUT2D eigenvalue weighted by Gasteiger charge is 2.04. The smallest absolute Gasteiger partial charge is 0.0121 e. The van der Waals surface area contributed by atoms with Crippen molar-refractivity contribution in [2.75, 3.05) is 0 Å². The Hall–Kier alpha value is -1.48. The predicted octanol–water partition coefficient (Wildman–Crippen LogP) is 4.90. The lowest BCUT2D eigenvalue weighted by Gasteiger charge is -2.09. The lowest BCUT2D eigenvalue weighted by Crippen LogP contribution is -1.89. The molecule has 0 nitrogen and oxygen atoms in total. The van der Waals surface area contributed by atoms with Gasteiger partial charge in [0, 0.05) is 0 Å². The zero-order valence-corrected chi connectivity index (χ0v) is 12.0. The molecule has 0 spiro atoms. The van der Waals surface area contributed by atoms with Gasteiger partial charge in [-0.2, -0.15) is 0 Å². The van der Waals surface area contributed by atoms with E-state index in [0.717, 1.165) is 0 Å². The van der Waals surface area contributed by atoms with Gasteiger partial charge in [0.05, 0.1) is 0 Å². The van der Waals surface area contributed by atoms with Gasteiger partial charge in [0.2, 0.25) is 0 Å². The van der Waals surface area contributed by atoms with Crippen molar-refractivity contribution >= 4 is 35.9 Å². The quantitative estimate of drug-likeness (QED) is 0.680. The van der Waals surface area contributed by atoms with Crippen LogP contribution < -0.4 is 0 Å². The maximum Gasteiger partial charge on any atom is -0.0121 e. The van der Waals surface area contributed by atoms with Gasteiger partial charge in [0.25, 0.3) is 0 Å². The molecule has 0 amide bonds. The molecule has 0 N–H and O–H groups in total. The van der Waals surface area contributed by atoms with E-state index in [4.69, 9.17) is 0 Å². The second kappa shape index (κ2) is 5.44. The van der Waals surface area contributed by atoms with Crippen molar-refractivity contribution in [3.05, 3.63) is 81.9 Å². The molecule has 0 saturated heterocycles. The molecule has 3 rings (SSSR count). The van der Waals surface area contributed by atoms with Gasteiger partial charge < -0.3 is 0 Å². The van der Waals surface area contributed by atoms with Crippen molar-refractivity contribution in [1.29, 1.82) is 0 Å². The second-order valence-electron chi connectivity index (χ2n) is 4.13. The molecule has 0 atom stereocenters. The molecule has 0 aliphatic carbocycles. The molecule has 0 fully saturated rings. The van der Waals surface area contributed by atoms with E-state index in [-0.39, 0.29) is 20.7 Å². The van der Waals surface area contributed by atoms with Crippen molar-refractivity contribution in [2.24, 2.45) is 0 Å². The summed E-state index contributed by atoms with van der Waals surface area (Å²) < 4.78 is 4.78. The summed E-state index contributed by atoms with van der Waals surface area (Å²) in [6.07, 6.45) is 2.30. The van der Waals surface area contributed by atoms with Gasteiger partial charge >= 0.3 is 0 Å². The maximum atomic E-state index is 2.39.